The maximum Gasteiger partial charge on any atom is 0.243 e. The summed E-state index contributed by atoms with van der Waals surface area (Å²) in [6.07, 6.45) is 2.23. The molecule has 0 atom stereocenters. The van der Waals surface area contributed by atoms with Gasteiger partial charge < -0.3 is 4.52 Å². The van der Waals surface area contributed by atoms with Crippen LogP contribution in [0.5, 0.6) is 0 Å². The van der Waals surface area contributed by atoms with Gasteiger partial charge in [-0.25, -0.2) is 0 Å². The molecule has 3 nitrogen and oxygen atoms in total. The van der Waals surface area contributed by atoms with Crippen molar-refractivity contribution in [3.8, 4) is 0 Å². The van der Waals surface area contributed by atoms with E-state index in [-0.39, 0.29) is 5.88 Å². The van der Waals surface area contributed by atoms with Gasteiger partial charge in [-0.3, -0.25) is 0 Å². The molecule has 0 fully saturated rings. The number of alkyl halides is 1. The number of hydrogen-bond acceptors (Lipinski definition) is 3. The molecule has 0 aliphatic rings. The zero-order chi connectivity index (χ0) is 5.11. The summed E-state index contributed by atoms with van der Waals surface area (Å²) in [6.45, 7) is 0. The van der Waals surface area contributed by atoms with Gasteiger partial charge in [0.15, 0.2) is 0 Å². The number of hydrogen-bond donors (Lipinski definition) is 0. The molecule has 1 heterocycles. The van der Waals surface area contributed by atoms with Crippen LogP contribution < -0.4 is 0 Å². The van der Waals surface area contributed by atoms with Gasteiger partial charge in [-0.1, -0.05) is 5.16 Å². The van der Waals surface area contributed by atoms with Crippen molar-refractivity contribution in [2.24, 2.45) is 0 Å². The van der Waals surface area contributed by atoms with Gasteiger partial charge in [0.2, 0.25) is 12.2 Å². The summed E-state index contributed by atoms with van der Waals surface area (Å²) < 4.78 is 4.43. The molecule has 0 aliphatic carbocycles. The maximum atomic E-state index is 5.25. The van der Waals surface area contributed by atoms with Crippen molar-refractivity contribution in [3.63, 3.8) is 0 Å². The average molecular weight is 118 g/mol. The first-order valence-electron chi connectivity index (χ1n) is 1.68. The molecule has 1 aromatic rings. The molecule has 1 radical (unpaired) electrons. The van der Waals surface area contributed by atoms with Gasteiger partial charge in [0.05, 0.1) is 0 Å². The molecule has 0 aromatic carbocycles. The fourth-order valence-electron chi connectivity index (χ4n) is 0.224. The van der Waals surface area contributed by atoms with Gasteiger partial charge in [-0.15, -0.1) is 11.6 Å². The Bertz CT molecular complexity index is 127. The second kappa shape index (κ2) is 1.93. The van der Waals surface area contributed by atoms with Crippen LogP contribution in [-0.2, 0) is 5.88 Å². The molecule has 0 amide bonds. The van der Waals surface area contributed by atoms with Crippen LogP contribution in [0.25, 0.3) is 0 Å². The Morgan fingerprint density at radius 2 is 2.71 bits per heavy atom. The third-order valence-electron chi connectivity index (χ3n) is 0.481. The SMILES string of the molecule is ClCc1n[c]no1. The highest BCUT2D eigenvalue weighted by Gasteiger charge is 1.91. The monoisotopic (exact) mass is 117 g/mol. The van der Waals surface area contributed by atoms with Crippen molar-refractivity contribution >= 4 is 11.6 Å². The summed E-state index contributed by atoms with van der Waals surface area (Å²) in [5.41, 5.74) is 0. The molecule has 7 heavy (non-hydrogen) atoms. The van der Waals surface area contributed by atoms with E-state index in [4.69, 9.17) is 11.6 Å². The van der Waals surface area contributed by atoms with E-state index in [1.165, 1.54) is 0 Å². The summed E-state index contributed by atoms with van der Waals surface area (Å²) in [7, 11) is 0. The predicted molar refractivity (Wildman–Crippen MR) is 22.7 cm³/mol. The summed E-state index contributed by atoms with van der Waals surface area (Å²) in [4.78, 5) is 3.50. The number of aromatic nitrogens is 2. The second-order valence-corrected chi connectivity index (χ2v) is 1.19. The van der Waals surface area contributed by atoms with E-state index in [9.17, 15) is 0 Å². The van der Waals surface area contributed by atoms with Gasteiger partial charge in [0.1, 0.15) is 5.88 Å². The molecule has 0 spiro atoms. The van der Waals surface area contributed by atoms with Crippen LogP contribution in [0.1, 0.15) is 5.89 Å². The first kappa shape index (κ1) is 4.59. The minimum Gasteiger partial charge on any atom is -0.338 e. The fourth-order valence-corrected chi connectivity index (χ4v) is 0.333. The van der Waals surface area contributed by atoms with Crippen LogP contribution in [0.4, 0.5) is 0 Å². The van der Waals surface area contributed by atoms with E-state index >= 15 is 0 Å². The minimum atomic E-state index is 0.260. The Labute approximate surface area is 45.3 Å². The van der Waals surface area contributed by atoms with Crippen molar-refractivity contribution < 1.29 is 4.52 Å². The molecule has 37 valence electrons. The Hall–Kier alpha value is -0.570. The predicted octanol–water partition coefficient (Wildman–Crippen LogP) is 0.609. The largest absolute Gasteiger partial charge is 0.338 e. The quantitative estimate of drug-likeness (QED) is 0.506. The summed E-state index contributed by atoms with van der Waals surface area (Å²) >= 11 is 5.25. The number of nitrogens with zero attached hydrogens (tertiary/aromatic N) is 2. The zero-order valence-electron chi connectivity index (χ0n) is 3.39. The lowest BCUT2D eigenvalue weighted by Gasteiger charge is -1.72. The Kier molecular flexibility index (Phi) is 1.26. The van der Waals surface area contributed by atoms with E-state index in [2.05, 4.69) is 21.0 Å². The number of rotatable bonds is 1. The second-order valence-electron chi connectivity index (χ2n) is 0.922. The van der Waals surface area contributed by atoms with Crippen LogP contribution >= 0.6 is 11.6 Å². The minimum absolute atomic E-state index is 0.260. The van der Waals surface area contributed by atoms with Crippen molar-refractivity contribution in [1.29, 1.82) is 0 Å². The first-order valence-corrected chi connectivity index (χ1v) is 2.21. The number of halogens is 1. The van der Waals surface area contributed by atoms with E-state index in [0.29, 0.717) is 5.89 Å². The molecule has 1 rings (SSSR count). The Morgan fingerprint density at radius 1 is 1.86 bits per heavy atom. The Balaban J connectivity index is 2.76. The van der Waals surface area contributed by atoms with Crippen molar-refractivity contribution in [3.05, 3.63) is 12.2 Å². The van der Waals surface area contributed by atoms with Crippen LogP contribution in [0, 0.1) is 6.33 Å². The maximum absolute atomic E-state index is 5.25. The first-order chi connectivity index (χ1) is 3.43. The molecular weight excluding hydrogens is 115 g/mol. The summed E-state index contributed by atoms with van der Waals surface area (Å²) in [5, 5.41) is 3.20. The van der Waals surface area contributed by atoms with Crippen LogP contribution in [0.2, 0.25) is 0 Å². The Morgan fingerprint density at radius 3 is 3.00 bits per heavy atom. The molecule has 0 aliphatic heterocycles. The van der Waals surface area contributed by atoms with Crippen molar-refractivity contribution in [1.82, 2.24) is 10.1 Å². The third kappa shape index (κ3) is 0.899. The summed E-state index contributed by atoms with van der Waals surface area (Å²) in [5.74, 6) is 0.665. The van der Waals surface area contributed by atoms with E-state index < -0.39 is 0 Å². The van der Waals surface area contributed by atoms with Gasteiger partial charge in [-0.2, -0.15) is 4.98 Å². The molecule has 0 saturated heterocycles. The molecule has 0 saturated carbocycles. The van der Waals surface area contributed by atoms with Crippen LogP contribution in [0.3, 0.4) is 0 Å². The lowest BCUT2D eigenvalue weighted by Crippen LogP contribution is -1.70. The van der Waals surface area contributed by atoms with Gasteiger partial charge >= 0.3 is 0 Å². The van der Waals surface area contributed by atoms with E-state index in [0.717, 1.165) is 0 Å². The molecule has 4 heteroatoms. The highest BCUT2D eigenvalue weighted by molar-refractivity contribution is 6.16. The smallest absolute Gasteiger partial charge is 0.243 e. The molecule has 0 N–H and O–H groups in total. The summed E-state index contributed by atoms with van der Waals surface area (Å²) in [6, 6.07) is 0. The van der Waals surface area contributed by atoms with E-state index in [1.54, 1.807) is 0 Å². The molecule has 1 aromatic heterocycles. The normalized spacial score (nSPS) is 9.29. The van der Waals surface area contributed by atoms with Crippen LogP contribution in [0.15, 0.2) is 4.52 Å². The van der Waals surface area contributed by atoms with Gasteiger partial charge in [0.25, 0.3) is 0 Å². The highest BCUT2D eigenvalue weighted by atomic mass is 35.5. The lowest BCUT2D eigenvalue weighted by molar-refractivity contribution is 0.388. The fraction of sp³-hybridized carbons (Fsp3) is 0.333. The van der Waals surface area contributed by atoms with Gasteiger partial charge in [-0.05, 0) is 0 Å². The topological polar surface area (TPSA) is 38.9 Å². The highest BCUT2D eigenvalue weighted by Crippen LogP contribution is 1.93. The van der Waals surface area contributed by atoms with Gasteiger partial charge in [0, 0.05) is 0 Å². The lowest BCUT2D eigenvalue weighted by atomic mass is 10.8. The standard InChI is InChI=1S/C3H2ClN2O/c4-1-3-5-2-6-7-3/h1H2. The van der Waals surface area contributed by atoms with Crippen molar-refractivity contribution in [2.75, 3.05) is 0 Å². The van der Waals surface area contributed by atoms with Crippen LogP contribution in [-0.4, -0.2) is 10.1 Å². The van der Waals surface area contributed by atoms with E-state index in [1.807, 2.05) is 0 Å². The molecule has 0 unspecified atom stereocenters. The molecule has 0 bridgehead atoms. The van der Waals surface area contributed by atoms with Crippen molar-refractivity contribution in [2.45, 2.75) is 5.88 Å². The molecular formula is C3H2ClN2O. The average Bonchev–Trinajstić information content (AvgIpc) is 2.14. The zero-order valence-corrected chi connectivity index (χ0v) is 4.14. The third-order valence-corrected chi connectivity index (χ3v) is 0.709.